The zero-order valence-corrected chi connectivity index (χ0v) is 16.2. The topological polar surface area (TPSA) is 73.9 Å². The summed E-state index contributed by atoms with van der Waals surface area (Å²) < 4.78 is 5.75. The quantitative estimate of drug-likeness (QED) is 0.262. The summed E-state index contributed by atoms with van der Waals surface area (Å²) in [6, 6.07) is 15.1. The van der Waals surface area contributed by atoms with Gasteiger partial charge in [-0.15, -0.1) is 0 Å². The lowest BCUT2D eigenvalue weighted by atomic mass is 10.2. The first-order valence-electron chi connectivity index (χ1n) is 7.81. The lowest BCUT2D eigenvalue weighted by Crippen LogP contribution is -2.00. The molecule has 0 saturated heterocycles. The van der Waals surface area contributed by atoms with E-state index in [9.17, 15) is 0 Å². The molecule has 1 atom stereocenters. The number of anilines is 1. The van der Waals surface area contributed by atoms with Crippen molar-refractivity contribution in [2.24, 2.45) is 0 Å². The highest BCUT2D eigenvalue weighted by atomic mass is 35.5. The summed E-state index contributed by atoms with van der Waals surface area (Å²) in [7, 11) is 0. The van der Waals surface area contributed by atoms with Crippen LogP contribution in [0.5, 0.6) is 5.75 Å². The van der Waals surface area contributed by atoms with Crippen LogP contribution in [0.2, 0.25) is 10.3 Å². The monoisotopic (exact) mass is 406 g/mol. The Labute approximate surface area is 165 Å². The average molecular weight is 407 g/mol. The van der Waals surface area contributed by atoms with Gasteiger partial charge in [0.05, 0.1) is 10.9 Å². The number of hydrogen-bond acceptors (Lipinski definition) is 6. The summed E-state index contributed by atoms with van der Waals surface area (Å²) in [6.07, 6.45) is 0. The Morgan fingerprint density at radius 2 is 1.85 bits per heavy atom. The van der Waals surface area contributed by atoms with Crippen LogP contribution in [0.1, 0.15) is 23.4 Å². The fourth-order valence-electron chi connectivity index (χ4n) is 2.19. The number of nitrogens with two attached hydrogens (primary N) is 1. The minimum Gasteiger partial charge on any atom is -0.486 e. The van der Waals surface area contributed by atoms with E-state index in [-0.39, 0.29) is 5.25 Å². The molecule has 134 valence electrons. The summed E-state index contributed by atoms with van der Waals surface area (Å²) in [5.41, 5.74) is 7.55. The third-order valence-electron chi connectivity index (χ3n) is 3.47. The smallest absolute Gasteiger partial charge is 0.191 e. The normalized spacial score (nSPS) is 12.0. The second-order valence-electron chi connectivity index (χ2n) is 5.46. The second kappa shape index (κ2) is 8.58. The molecule has 1 aromatic carbocycles. The first-order chi connectivity index (χ1) is 12.5. The van der Waals surface area contributed by atoms with Crippen LogP contribution in [0.3, 0.4) is 0 Å². The molecule has 0 fully saturated rings. The van der Waals surface area contributed by atoms with Gasteiger partial charge in [-0.05, 0) is 24.6 Å². The van der Waals surface area contributed by atoms with Gasteiger partial charge in [-0.1, -0.05) is 65.3 Å². The van der Waals surface area contributed by atoms with Gasteiger partial charge in [-0.3, -0.25) is 0 Å². The number of hydrogen-bond donors (Lipinski definition) is 1. The molecule has 2 heterocycles. The van der Waals surface area contributed by atoms with Gasteiger partial charge < -0.3 is 10.5 Å². The number of nitrogens with zero attached hydrogens (tertiary/aromatic N) is 3. The van der Waals surface area contributed by atoms with E-state index in [0.717, 1.165) is 11.3 Å². The van der Waals surface area contributed by atoms with Crippen LogP contribution >= 0.6 is 35.0 Å². The molecule has 0 aliphatic rings. The van der Waals surface area contributed by atoms with E-state index in [1.165, 1.54) is 17.8 Å². The number of benzene rings is 1. The summed E-state index contributed by atoms with van der Waals surface area (Å²) in [5.74, 6) is 0.870. The fraction of sp³-hybridized carbons (Fsp3) is 0.167. The molecule has 3 rings (SSSR count). The molecule has 0 radical (unpaired) electrons. The molecular formula is C18H16Cl2N4OS. The molecule has 0 amide bonds. The largest absolute Gasteiger partial charge is 0.486 e. The Morgan fingerprint density at radius 1 is 1.08 bits per heavy atom. The maximum Gasteiger partial charge on any atom is 0.191 e. The van der Waals surface area contributed by atoms with Crippen molar-refractivity contribution >= 4 is 40.8 Å². The summed E-state index contributed by atoms with van der Waals surface area (Å²) >= 11 is 13.6. The van der Waals surface area contributed by atoms with E-state index in [1.807, 2.05) is 49.4 Å². The Morgan fingerprint density at radius 3 is 2.54 bits per heavy atom. The predicted octanol–water partition coefficient (Wildman–Crippen LogP) is 5.19. The molecule has 8 heteroatoms. The molecule has 0 aliphatic carbocycles. The van der Waals surface area contributed by atoms with Crippen LogP contribution in [0.4, 0.5) is 5.82 Å². The molecule has 0 spiro atoms. The van der Waals surface area contributed by atoms with Crippen molar-refractivity contribution in [1.29, 1.82) is 0 Å². The minimum atomic E-state index is -0.0338. The molecule has 0 saturated carbocycles. The average Bonchev–Trinajstić information content (AvgIpc) is 2.60. The van der Waals surface area contributed by atoms with E-state index < -0.39 is 0 Å². The van der Waals surface area contributed by atoms with Gasteiger partial charge in [0.15, 0.2) is 16.1 Å². The molecule has 3 aromatic rings. The van der Waals surface area contributed by atoms with Crippen molar-refractivity contribution in [3.8, 4) is 5.75 Å². The van der Waals surface area contributed by atoms with Crippen molar-refractivity contribution < 1.29 is 4.74 Å². The number of rotatable bonds is 6. The van der Waals surface area contributed by atoms with Gasteiger partial charge in [-0.2, -0.15) is 0 Å². The standard InChI is InChI=1S/C18H16Cl2N4OS/c1-11(26-18-23-15(19)9-16(21)24-18)13-7-8-14(17(20)22-13)25-10-12-5-3-2-4-6-12/h2-9,11H,10H2,1H3,(H2,21,23,24). The zero-order chi connectivity index (χ0) is 18.5. The fourth-order valence-corrected chi connectivity index (χ4v) is 3.52. The number of ether oxygens (including phenoxy) is 1. The first kappa shape index (κ1) is 18.8. The van der Waals surface area contributed by atoms with Crippen LogP contribution in [-0.2, 0) is 6.61 Å². The SMILES string of the molecule is CC(Sc1nc(N)cc(Cl)n1)c1ccc(OCc2ccccc2)c(Cl)n1. The third kappa shape index (κ3) is 5.00. The first-order valence-corrected chi connectivity index (χ1v) is 9.44. The Kier molecular flexibility index (Phi) is 6.19. The maximum atomic E-state index is 6.28. The second-order valence-corrected chi connectivity index (χ2v) is 7.51. The van der Waals surface area contributed by atoms with Crippen molar-refractivity contribution in [1.82, 2.24) is 15.0 Å². The summed E-state index contributed by atoms with van der Waals surface area (Å²) in [6.45, 7) is 2.41. The zero-order valence-electron chi connectivity index (χ0n) is 13.9. The molecule has 26 heavy (non-hydrogen) atoms. The molecule has 2 N–H and O–H groups in total. The summed E-state index contributed by atoms with van der Waals surface area (Å²) in [5, 5.41) is 1.08. The number of halogens is 2. The molecule has 0 bridgehead atoms. The lowest BCUT2D eigenvalue weighted by molar-refractivity contribution is 0.305. The highest BCUT2D eigenvalue weighted by molar-refractivity contribution is 7.99. The predicted molar refractivity (Wildman–Crippen MR) is 106 cm³/mol. The van der Waals surface area contributed by atoms with Gasteiger partial charge in [0.2, 0.25) is 0 Å². The maximum absolute atomic E-state index is 6.28. The van der Waals surface area contributed by atoms with Gasteiger partial charge in [0.1, 0.15) is 17.6 Å². The van der Waals surface area contributed by atoms with E-state index in [2.05, 4.69) is 15.0 Å². The number of pyridine rings is 1. The van der Waals surface area contributed by atoms with Crippen molar-refractivity contribution in [3.05, 3.63) is 70.1 Å². The molecular weight excluding hydrogens is 391 g/mol. The third-order valence-corrected chi connectivity index (χ3v) is 4.92. The van der Waals surface area contributed by atoms with Crippen molar-refractivity contribution in [2.45, 2.75) is 23.9 Å². The van der Waals surface area contributed by atoms with E-state index in [0.29, 0.717) is 33.6 Å². The molecule has 0 aliphatic heterocycles. The van der Waals surface area contributed by atoms with Crippen LogP contribution < -0.4 is 10.5 Å². The number of thioether (sulfide) groups is 1. The Balaban J connectivity index is 1.68. The molecule has 2 aromatic heterocycles. The number of aromatic nitrogens is 3. The minimum absolute atomic E-state index is 0.0338. The van der Waals surface area contributed by atoms with Gasteiger partial charge in [0, 0.05) is 6.07 Å². The van der Waals surface area contributed by atoms with Crippen LogP contribution in [-0.4, -0.2) is 15.0 Å². The van der Waals surface area contributed by atoms with Crippen LogP contribution in [0, 0.1) is 0 Å². The van der Waals surface area contributed by atoms with E-state index >= 15 is 0 Å². The van der Waals surface area contributed by atoms with Gasteiger partial charge in [0.25, 0.3) is 0 Å². The molecule has 5 nitrogen and oxygen atoms in total. The van der Waals surface area contributed by atoms with Crippen molar-refractivity contribution in [3.63, 3.8) is 0 Å². The highest BCUT2D eigenvalue weighted by Gasteiger charge is 2.14. The van der Waals surface area contributed by atoms with Gasteiger partial charge >= 0.3 is 0 Å². The summed E-state index contributed by atoms with van der Waals surface area (Å²) in [4.78, 5) is 12.7. The lowest BCUT2D eigenvalue weighted by Gasteiger charge is -2.13. The van der Waals surface area contributed by atoms with Crippen LogP contribution in [0.15, 0.2) is 53.7 Å². The highest BCUT2D eigenvalue weighted by Crippen LogP contribution is 2.35. The van der Waals surface area contributed by atoms with Gasteiger partial charge in [-0.25, -0.2) is 15.0 Å². The number of nitrogen functional groups attached to an aromatic ring is 1. The van der Waals surface area contributed by atoms with Crippen LogP contribution in [0.25, 0.3) is 0 Å². The molecule has 1 unspecified atom stereocenters. The van der Waals surface area contributed by atoms with E-state index in [1.54, 1.807) is 0 Å². The van der Waals surface area contributed by atoms with Crippen molar-refractivity contribution in [2.75, 3.05) is 5.73 Å². The van der Waals surface area contributed by atoms with E-state index in [4.69, 9.17) is 33.7 Å². The Hall–Kier alpha value is -2.02. The Bertz CT molecular complexity index is 875.